The highest BCUT2D eigenvalue weighted by molar-refractivity contribution is 5.86. The quantitative estimate of drug-likeness (QED) is 0.728. The lowest BCUT2D eigenvalue weighted by molar-refractivity contribution is 0.0554. The molecular weight excluding hydrogens is 196 g/mol. The molecule has 2 heterocycles. The fraction of sp³-hybridized carbons (Fsp3) is 0.600. The van der Waals surface area contributed by atoms with Crippen molar-refractivity contribution in [3.05, 3.63) is 17.5 Å². The Hall–Kier alpha value is -1.36. The number of nitrogens with zero attached hydrogens (tertiary/aromatic N) is 1. The van der Waals surface area contributed by atoms with E-state index in [1.165, 1.54) is 7.11 Å². The molecule has 0 amide bonds. The molecule has 1 fully saturated rings. The molecule has 15 heavy (non-hydrogen) atoms. The maximum Gasteiger partial charge on any atom is 0.376 e. The van der Waals surface area contributed by atoms with Crippen LogP contribution in [-0.2, 0) is 10.2 Å². The number of carbonyl (C=O) groups is 1. The molecule has 1 N–H and O–H groups in total. The van der Waals surface area contributed by atoms with Crippen molar-refractivity contribution in [3.63, 3.8) is 0 Å². The highest BCUT2D eigenvalue weighted by Gasteiger charge is 2.34. The molecule has 0 saturated carbocycles. The van der Waals surface area contributed by atoms with Gasteiger partial charge >= 0.3 is 5.97 Å². The predicted octanol–water partition coefficient (Wildman–Crippen LogP) is 0.712. The van der Waals surface area contributed by atoms with Gasteiger partial charge in [0.15, 0.2) is 0 Å². The van der Waals surface area contributed by atoms with Gasteiger partial charge in [0.05, 0.1) is 12.8 Å². The van der Waals surface area contributed by atoms with Crippen molar-refractivity contribution < 1.29 is 14.1 Å². The van der Waals surface area contributed by atoms with Crippen molar-refractivity contribution >= 4 is 5.97 Å². The average molecular weight is 210 g/mol. The van der Waals surface area contributed by atoms with Gasteiger partial charge in [0, 0.05) is 18.0 Å². The van der Waals surface area contributed by atoms with Crippen LogP contribution in [0.25, 0.3) is 0 Å². The van der Waals surface area contributed by atoms with Crippen LogP contribution >= 0.6 is 0 Å². The van der Waals surface area contributed by atoms with Crippen molar-refractivity contribution in [2.45, 2.75) is 18.8 Å². The maximum absolute atomic E-state index is 11.2. The molecular formula is C10H14N2O3. The summed E-state index contributed by atoms with van der Waals surface area (Å²) in [4.78, 5) is 11.2. The number of hydrogen-bond acceptors (Lipinski definition) is 5. The van der Waals surface area contributed by atoms with Crippen LogP contribution in [0.4, 0.5) is 0 Å². The molecule has 1 aromatic heterocycles. The van der Waals surface area contributed by atoms with Crippen LogP contribution in [0.3, 0.4) is 0 Å². The zero-order chi connectivity index (χ0) is 10.9. The van der Waals surface area contributed by atoms with Crippen molar-refractivity contribution in [1.29, 1.82) is 0 Å². The van der Waals surface area contributed by atoms with Crippen LogP contribution in [0.2, 0.25) is 0 Å². The molecule has 0 spiro atoms. The second-order valence-corrected chi connectivity index (χ2v) is 4.06. The van der Waals surface area contributed by atoms with E-state index >= 15 is 0 Å². The molecule has 0 aromatic carbocycles. The molecule has 82 valence electrons. The standard InChI is InChI=1S/C10H14N2O3/c1-10(3-4-11-6-10)8-5-7(15-12-8)9(13)14-2/h5,11H,3-4,6H2,1-2H3/t10-/m1/s1. The Morgan fingerprint density at radius 2 is 2.53 bits per heavy atom. The number of carbonyl (C=O) groups excluding carboxylic acids is 1. The monoisotopic (exact) mass is 210 g/mol. The van der Waals surface area contributed by atoms with Crippen molar-refractivity contribution in [1.82, 2.24) is 10.5 Å². The van der Waals surface area contributed by atoms with Crippen LogP contribution in [0.1, 0.15) is 29.6 Å². The molecule has 0 bridgehead atoms. The van der Waals surface area contributed by atoms with E-state index in [9.17, 15) is 4.79 Å². The van der Waals surface area contributed by atoms with E-state index < -0.39 is 5.97 Å². The minimum atomic E-state index is -0.483. The fourth-order valence-electron chi connectivity index (χ4n) is 1.79. The van der Waals surface area contributed by atoms with Gasteiger partial charge in [-0.25, -0.2) is 4.79 Å². The summed E-state index contributed by atoms with van der Waals surface area (Å²) in [5.74, 6) is -0.316. The van der Waals surface area contributed by atoms with E-state index in [2.05, 4.69) is 22.1 Å². The third kappa shape index (κ3) is 1.74. The Morgan fingerprint density at radius 3 is 3.13 bits per heavy atom. The molecule has 5 heteroatoms. The summed E-state index contributed by atoms with van der Waals surface area (Å²) in [5, 5.41) is 7.19. The number of ether oxygens (including phenoxy) is 1. The molecule has 1 saturated heterocycles. The average Bonchev–Trinajstić information content (AvgIpc) is 2.85. The first-order valence-electron chi connectivity index (χ1n) is 4.92. The number of methoxy groups -OCH3 is 1. The second kappa shape index (κ2) is 3.66. The normalized spacial score (nSPS) is 25.5. The lowest BCUT2D eigenvalue weighted by Crippen LogP contribution is -2.25. The van der Waals surface area contributed by atoms with Gasteiger partial charge in [-0.3, -0.25) is 0 Å². The van der Waals surface area contributed by atoms with E-state index in [1.54, 1.807) is 6.07 Å². The fourth-order valence-corrected chi connectivity index (χ4v) is 1.79. The smallest absolute Gasteiger partial charge is 0.376 e. The van der Waals surface area contributed by atoms with E-state index in [0.717, 1.165) is 25.2 Å². The lowest BCUT2D eigenvalue weighted by atomic mass is 9.86. The summed E-state index contributed by atoms with van der Waals surface area (Å²) in [6.45, 7) is 3.93. The summed E-state index contributed by atoms with van der Waals surface area (Å²) in [6.07, 6.45) is 1.00. The summed E-state index contributed by atoms with van der Waals surface area (Å²) >= 11 is 0. The van der Waals surface area contributed by atoms with Gasteiger partial charge in [-0.1, -0.05) is 12.1 Å². The largest absolute Gasteiger partial charge is 0.463 e. The third-order valence-electron chi connectivity index (χ3n) is 2.88. The van der Waals surface area contributed by atoms with Crippen LogP contribution in [-0.4, -0.2) is 31.3 Å². The van der Waals surface area contributed by atoms with Gasteiger partial charge in [0.1, 0.15) is 0 Å². The summed E-state index contributed by atoms with van der Waals surface area (Å²) in [6, 6.07) is 1.67. The Balaban J connectivity index is 2.23. The molecule has 0 radical (unpaired) electrons. The third-order valence-corrected chi connectivity index (χ3v) is 2.88. The molecule has 2 rings (SSSR count). The van der Waals surface area contributed by atoms with Crippen LogP contribution in [0.5, 0.6) is 0 Å². The highest BCUT2D eigenvalue weighted by Crippen LogP contribution is 2.29. The van der Waals surface area contributed by atoms with Gasteiger partial charge in [-0.2, -0.15) is 0 Å². The van der Waals surface area contributed by atoms with Crippen LogP contribution in [0.15, 0.2) is 10.6 Å². The molecule has 1 aliphatic rings. The van der Waals surface area contributed by atoms with E-state index in [1.807, 2.05) is 0 Å². The first kappa shape index (κ1) is 10.2. The van der Waals surface area contributed by atoms with Gasteiger partial charge in [-0.05, 0) is 13.0 Å². The van der Waals surface area contributed by atoms with Crippen LogP contribution < -0.4 is 5.32 Å². The summed E-state index contributed by atoms with van der Waals surface area (Å²) in [5.41, 5.74) is 0.781. The Bertz CT molecular complexity index is 366. The zero-order valence-electron chi connectivity index (χ0n) is 8.87. The molecule has 1 aliphatic heterocycles. The Morgan fingerprint density at radius 1 is 1.73 bits per heavy atom. The van der Waals surface area contributed by atoms with Crippen molar-refractivity contribution in [3.8, 4) is 0 Å². The number of hydrogen-bond donors (Lipinski definition) is 1. The lowest BCUT2D eigenvalue weighted by Gasteiger charge is -2.18. The van der Waals surface area contributed by atoms with Gasteiger partial charge in [0.2, 0.25) is 5.76 Å². The Kier molecular flexibility index (Phi) is 2.48. The van der Waals surface area contributed by atoms with Gasteiger partial charge < -0.3 is 14.6 Å². The minimum absolute atomic E-state index is 0.0320. The molecule has 0 unspecified atom stereocenters. The number of nitrogens with one attached hydrogen (secondary N) is 1. The number of aromatic nitrogens is 1. The highest BCUT2D eigenvalue weighted by atomic mass is 16.5. The molecule has 5 nitrogen and oxygen atoms in total. The van der Waals surface area contributed by atoms with E-state index in [4.69, 9.17) is 4.52 Å². The second-order valence-electron chi connectivity index (χ2n) is 4.06. The first-order chi connectivity index (χ1) is 7.15. The summed E-state index contributed by atoms with van der Waals surface area (Å²) in [7, 11) is 1.32. The van der Waals surface area contributed by atoms with Crippen molar-refractivity contribution in [2.75, 3.05) is 20.2 Å². The maximum atomic E-state index is 11.2. The number of rotatable bonds is 2. The van der Waals surface area contributed by atoms with Crippen LogP contribution in [0, 0.1) is 0 Å². The Labute approximate surface area is 87.8 Å². The predicted molar refractivity (Wildman–Crippen MR) is 52.7 cm³/mol. The molecule has 1 atom stereocenters. The van der Waals surface area contributed by atoms with Crippen molar-refractivity contribution in [2.24, 2.45) is 0 Å². The van der Waals surface area contributed by atoms with E-state index in [0.29, 0.717) is 0 Å². The molecule has 1 aromatic rings. The topological polar surface area (TPSA) is 64.4 Å². The van der Waals surface area contributed by atoms with Gasteiger partial charge in [0.25, 0.3) is 0 Å². The minimum Gasteiger partial charge on any atom is -0.463 e. The SMILES string of the molecule is COC(=O)c1cc([C@]2(C)CCNC2)no1. The zero-order valence-corrected chi connectivity index (χ0v) is 8.87. The first-order valence-corrected chi connectivity index (χ1v) is 4.92. The molecule has 0 aliphatic carbocycles. The van der Waals surface area contributed by atoms with E-state index in [-0.39, 0.29) is 11.2 Å². The van der Waals surface area contributed by atoms with Gasteiger partial charge in [-0.15, -0.1) is 0 Å². The summed E-state index contributed by atoms with van der Waals surface area (Å²) < 4.78 is 9.50. The number of esters is 1.